The lowest BCUT2D eigenvalue weighted by atomic mass is 10.2. The Balaban J connectivity index is 2.14. The molecule has 102 valence electrons. The van der Waals surface area contributed by atoms with Gasteiger partial charge in [0.2, 0.25) is 5.91 Å². The number of amides is 2. The fourth-order valence-corrected chi connectivity index (χ4v) is 2.32. The van der Waals surface area contributed by atoms with Crippen LogP contribution in [0.3, 0.4) is 0 Å². The van der Waals surface area contributed by atoms with Crippen LogP contribution in [0.1, 0.15) is 12.5 Å². The molecule has 1 aliphatic heterocycles. The lowest BCUT2D eigenvalue weighted by Gasteiger charge is -1.98. The minimum absolute atomic E-state index is 0.0206. The van der Waals surface area contributed by atoms with Gasteiger partial charge in [-0.1, -0.05) is 0 Å². The van der Waals surface area contributed by atoms with Crippen molar-refractivity contribution >= 4 is 40.5 Å². The molecule has 0 saturated carbocycles. The van der Waals surface area contributed by atoms with Gasteiger partial charge in [0.05, 0.1) is 9.83 Å². The van der Waals surface area contributed by atoms with E-state index in [-0.39, 0.29) is 16.8 Å². The van der Waals surface area contributed by atoms with Crippen LogP contribution in [0.15, 0.2) is 34.2 Å². The topological polar surface area (TPSA) is 102 Å². The van der Waals surface area contributed by atoms with Crippen molar-refractivity contribution in [2.45, 2.75) is 6.92 Å². The number of aliphatic imine (C=N–C) groups is 1. The van der Waals surface area contributed by atoms with Crippen molar-refractivity contribution in [3.63, 3.8) is 0 Å². The number of hydrogen-bond donors (Lipinski definition) is 1. The molecule has 0 unspecified atom stereocenters. The third kappa shape index (κ3) is 3.29. The molecule has 2 amide bonds. The molecule has 1 aromatic rings. The van der Waals surface area contributed by atoms with E-state index >= 15 is 0 Å². The van der Waals surface area contributed by atoms with Crippen LogP contribution in [-0.2, 0) is 9.59 Å². The van der Waals surface area contributed by atoms with E-state index in [0.29, 0.717) is 10.5 Å². The third-order valence-corrected chi connectivity index (χ3v) is 3.20. The Bertz CT molecular complexity index is 649. The summed E-state index contributed by atoms with van der Waals surface area (Å²) >= 11 is 1.05. The number of carbonyl (C=O) groups is 2. The Labute approximate surface area is 117 Å². The normalized spacial score (nSPS) is 16.1. The molecular weight excluding hydrogens is 282 g/mol. The lowest BCUT2D eigenvalue weighted by molar-refractivity contribution is -0.384. The second kappa shape index (κ2) is 5.66. The number of nitrogens with zero attached hydrogens (tertiary/aromatic N) is 2. The van der Waals surface area contributed by atoms with Gasteiger partial charge < -0.3 is 5.32 Å². The number of amidine groups is 1. The quantitative estimate of drug-likeness (QED) is 0.507. The fraction of sp³-hybridized carbons (Fsp3) is 0.0833. The van der Waals surface area contributed by atoms with Gasteiger partial charge in [-0.2, -0.15) is 4.99 Å². The molecule has 0 atom stereocenters. The molecule has 0 bridgehead atoms. The molecule has 0 radical (unpaired) electrons. The SMILES string of the molecule is CC(=O)NC1=NC(=O)C(=Cc2ccc([N+](=O)[O-])cc2)S1. The van der Waals surface area contributed by atoms with Gasteiger partial charge in [0.1, 0.15) is 0 Å². The number of rotatable bonds is 2. The predicted molar refractivity (Wildman–Crippen MR) is 74.9 cm³/mol. The van der Waals surface area contributed by atoms with Crippen LogP contribution >= 0.6 is 11.8 Å². The number of non-ortho nitro benzene ring substituents is 1. The number of benzene rings is 1. The number of carbonyl (C=O) groups excluding carboxylic acids is 2. The maximum Gasteiger partial charge on any atom is 0.286 e. The highest BCUT2D eigenvalue weighted by Crippen LogP contribution is 2.27. The van der Waals surface area contributed by atoms with Gasteiger partial charge in [-0.05, 0) is 35.5 Å². The van der Waals surface area contributed by atoms with Crippen LogP contribution in [0.2, 0.25) is 0 Å². The summed E-state index contributed by atoms with van der Waals surface area (Å²) in [5, 5.41) is 13.2. The zero-order chi connectivity index (χ0) is 14.7. The second-order valence-corrected chi connectivity index (χ2v) is 4.89. The second-order valence-electron chi connectivity index (χ2n) is 3.86. The first-order chi connectivity index (χ1) is 9.45. The predicted octanol–water partition coefficient (Wildman–Crippen LogP) is 1.70. The first-order valence-electron chi connectivity index (χ1n) is 5.50. The van der Waals surface area contributed by atoms with Crippen LogP contribution in [0.4, 0.5) is 5.69 Å². The fourth-order valence-electron chi connectivity index (χ4n) is 1.46. The van der Waals surface area contributed by atoms with Gasteiger partial charge in [0.25, 0.3) is 11.6 Å². The highest BCUT2D eigenvalue weighted by atomic mass is 32.2. The van der Waals surface area contributed by atoms with Crippen molar-refractivity contribution in [1.82, 2.24) is 5.32 Å². The molecule has 0 saturated heterocycles. The van der Waals surface area contributed by atoms with Gasteiger partial charge in [0, 0.05) is 19.1 Å². The number of thioether (sulfide) groups is 1. The largest absolute Gasteiger partial charge is 0.305 e. The molecule has 7 nitrogen and oxygen atoms in total. The van der Waals surface area contributed by atoms with E-state index < -0.39 is 10.8 Å². The maximum atomic E-state index is 11.6. The molecule has 0 aliphatic carbocycles. The highest BCUT2D eigenvalue weighted by Gasteiger charge is 2.22. The van der Waals surface area contributed by atoms with Gasteiger partial charge in [-0.3, -0.25) is 19.7 Å². The smallest absolute Gasteiger partial charge is 0.286 e. The number of nitro groups is 1. The van der Waals surface area contributed by atoms with Gasteiger partial charge in [-0.15, -0.1) is 0 Å². The van der Waals surface area contributed by atoms with Crippen LogP contribution in [0, 0.1) is 10.1 Å². The van der Waals surface area contributed by atoms with Crippen molar-refractivity contribution in [2.24, 2.45) is 4.99 Å². The summed E-state index contributed by atoms with van der Waals surface area (Å²) < 4.78 is 0. The Hall–Kier alpha value is -2.48. The van der Waals surface area contributed by atoms with Crippen LogP contribution in [0.5, 0.6) is 0 Å². The Morgan fingerprint density at radius 3 is 2.60 bits per heavy atom. The standard InChI is InChI=1S/C12H9N3O4S/c1-7(16)13-12-14-11(17)10(20-12)6-8-2-4-9(5-3-8)15(18)19/h2-6H,1H3,(H,13,14,16,17). The first-order valence-corrected chi connectivity index (χ1v) is 6.32. The molecule has 0 fully saturated rings. The van der Waals surface area contributed by atoms with Crippen molar-refractivity contribution in [1.29, 1.82) is 0 Å². The number of nitro benzene ring substituents is 1. The molecule has 20 heavy (non-hydrogen) atoms. The molecule has 0 spiro atoms. The molecule has 8 heteroatoms. The molecule has 1 heterocycles. The van der Waals surface area contributed by atoms with E-state index in [1.54, 1.807) is 6.08 Å². The van der Waals surface area contributed by atoms with Crippen LogP contribution in [-0.4, -0.2) is 21.9 Å². The number of hydrogen-bond acceptors (Lipinski definition) is 5. The van der Waals surface area contributed by atoms with Gasteiger partial charge >= 0.3 is 0 Å². The van der Waals surface area contributed by atoms with E-state index in [1.807, 2.05) is 0 Å². The van der Waals surface area contributed by atoms with E-state index in [9.17, 15) is 19.7 Å². The first kappa shape index (κ1) is 13.9. The van der Waals surface area contributed by atoms with Crippen molar-refractivity contribution in [2.75, 3.05) is 0 Å². The van der Waals surface area contributed by atoms with E-state index in [2.05, 4.69) is 10.3 Å². The molecule has 1 aliphatic rings. The summed E-state index contributed by atoms with van der Waals surface area (Å²) in [7, 11) is 0. The van der Waals surface area contributed by atoms with E-state index in [4.69, 9.17) is 0 Å². The van der Waals surface area contributed by atoms with Crippen LogP contribution < -0.4 is 5.32 Å². The highest BCUT2D eigenvalue weighted by molar-refractivity contribution is 8.18. The summed E-state index contributed by atoms with van der Waals surface area (Å²) in [5.74, 6) is -0.752. The minimum Gasteiger partial charge on any atom is -0.305 e. The summed E-state index contributed by atoms with van der Waals surface area (Å²) in [6.45, 7) is 1.32. The zero-order valence-corrected chi connectivity index (χ0v) is 11.1. The Morgan fingerprint density at radius 2 is 2.05 bits per heavy atom. The third-order valence-electron chi connectivity index (χ3n) is 2.31. The van der Waals surface area contributed by atoms with E-state index in [0.717, 1.165) is 11.8 Å². The molecular formula is C12H9N3O4S. The average molecular weight is 291 g/mol. The number of nitrogens with one attached hydrogen (secondary N) is 1. The van der Waals surface area contributed by atoms with Crippen molar-refractivity contribution in [3.05, 3.63) is 44.8 Å². The molecule has 1 aromatic carbocycles. The zero-order valence-electron chi connectivity index (χ0n) is 10.3. The summed E-state index contributed by atoms with van der Waals surface area (Å²) in [6.07, 6.45) is 1.56. The van der Waals surface area contributed by atoms with Crippen molar-refractivity contribution in [3.8, 4) is 0 Å². The Kier molecular flexibility index (Phi) is 3.94. The lowest BCUT2D eigenvalue weighted by Crippen LogP contribution is -2.23. The minimum atomic E-state index is -0.496. The maximum absolute atomic E-state index is 11.6. The van der Waals surface area contributed by atoms with Crippen LogP contribution in [0.25, 0.3) is 6.08 Å². The van der Waals surface area contributed by atoms with Gasteiger partial charge in [-0.25, -0.2) is 0 Å². The average Bonchev–Trinajstić information content (AvgIpc) is 2.69. The molecule has 0 aromatic heterocycles. The summed E-state index contributed by atoms with van der Waals surface area (Å²) in [6, 6.07) is 5.78. The van der Waals surface area contributed by atoms with E-state index in [1.165, 1.54) is 31.2 Å². The molecule has 1 N–H and O–H groups in total. The van der Waals surface area contributed by atoms with Crippen molar-refractivity contribution < 1.29 is 14.5 Å². The summed E-state index contributed by atoms with van der Waals surface area (Å²) in [5.41, 5.74) is 0.624. The monoisotopic (exact) mass is 291 g/mol. The summed E-state index contributed by atoms with van der Waals surface area (Å²) in [4.78, 5) is 36.5. The molecule has 2 rings (SSSR count). The Morgan fingerprint density at radius 1 is 1.40 bits per heavy atom. The van der Waals surface area contributed by atoms with Gasteiger partial charge in [0.15, 0.2) is 5.17 Å².